The van der Waals surface area contributed by atoms with E-state index in [2.05, 4.69) is 13.8 Å². The highest BCUT2D eigenvalue weighted by Gasteiger charge is 1.75. The van der Waals surface area contributed by atoms with Crippen LogP contribution in [0.15, 0.2) is 0 Å². The van der Waals surface area contributed by atoms with E-state index in [4.69, 9.17) is 11.5 Å². The van der Waals surface area contributed by atoms with Crippen molar-refractivity contribution in [3.63, 3.8) is 0 Å². The van der Waals surface area contributed by atoms with Crippen LogP contribution in [0.25, 0.3) is 0 Å². The van der Waals surface area contributed by atoms with Crippen molar-refractivity contribution in [1.29, 1.82) is 0 Å². The topological polar surface area (TPSA) is 52.0 Å². The summed E-state index contributed by atoms with van der Waals surface area (Å²) in [5.74, 6) is 4.60. The van der Waals surface area contributed by atoms with Crippen LogP contribution in [0.5, 0.6) is 0 Å². The van der Waals surface area contributed by atoms with Gasteiger partial charge in [-0.25, -0.2) is 0 Å². The lowest BCUT2D eigenvalue weighted by Crippen LogP contribution is -2.00. The zero-order chi connectivity index (χ0) is 9.66. The van der Waals surface area contributed by atoms with Crippen molar-refractivity contribution < 1.29 is 0 Å². The van der Waals surface area contributed by atoms with E-state index in [1.54, 1.807) is 0 Å². The van der Waals surface area contributed by atoms with Gasteiger partial charge in [-0.3, -0.25) is 0 Å². The molecule has 0 aromatic rings. The summed E-state index contributed by atoms with van der Waals surface area (Å²) in [6.07, 6.45) is 0. The smallest absolute Gasteiger partial charge is 0.00557 e. The van der Waals surface area contributed by atoms with Crippen LogP contribution in [-0.2, 0) is 0 Å². The average molecular weight is 210 g/mol. The van der Waals surface area contributed by atoms with Gasteiger partial charge in [0, 0.05) is 24.6 Å². The molecule has 0 rings (SSSR count). The van der Waals surface area contributed by atoms with Crippen LogP contribution in [0.1, 0.15) is 13.8 Å². The van der Waals surface area contributed by atoms with Gasteiger partial charge in [0.2, 0.25) is 0 Å². The third-order valence-corrected chi connectivity index (χ3v) is 2.80. The lowest BCUT2D eigenvalue weighted by Gasteiger charge is -1.87. The van der Waals surface area contributed by atoms with Gasteiger partial charge < -0.3 is 11.5 Å². The van der Waals surface area contributed by atoms with Crippen molar-refractivity contribution >= 4 is 23.5 Å². The minimum absolute atomic E-state index is 0.818. The second-order valence-corrected chi connectivity index (χ2v) is 4.76. The number of rotatable bonds is 6. The van der Waals surface area contributed by atoms with Gasteiger partial charge in [0.05, 0.1) is 0 Å². The molecule has 0 aromatic heterocycles. The molecule has 0 atom stereocenters. The second-order valence-electron chi connectivity index (χ2n) is 1.97. The minimum Gasteiger partial charge on any atom is -0.330 e. The van der Waals surface area contributed by atoms with Crippen molar-refractivity contribution in [2.75, 3.05) is 36.1 Å². The normalized spacial score (nSPS) is 9.00. The Labute approximate surface area is 85.2 Å². The molecule has 0 unspecified atom stereocenters. The molecule has 2 nitrogen and oxygen atoms in total. The average Bonchev–Trinajstić information content (AvgIpc) is 2.12. The molecular weight excluding hydrogens is 188 g/mol. The van der Waals surface area contributed by atoms with Crippen LogP contribution < -0.4 is 11.5 Å². The maximum absolute atomic E-state index is 5.19. The van der Waals surface area contributed by atoms with Crippen LogP contribution in [0, 0.1) is 0 Å². The Hall–Kier alpha value is 0.620. The van der Waals surface area contributed by atoms with Crippen molar-refractivity contribution in [1.82, 2.24) is 0 Å². The van der Waals surface area contributed by atoms with E-state index >= 15 is 0 Å². The molecule has 0 aliphatic carbocycles. The summed E-state index contributed by atoms with van der Waals surface area (Å²) in [4.78, 5) is 0. The number of thioether (sulfide) groups is 2. The molecule has 76 valence electrons. The van der Waals surface area contributed by atoms with Gasteiger partial charge in [0.25, 0.3) is 0 Å². The highest BCUT2D eigenvalue weighted by atomic mass is 32.2. The molecule has 0 heterocycles. The largest absolute Gasteiger partial charge is 0.330 e. The summed E-state index contributed by atoms with van der Waals surface area (Å²) < 4.78 is 0. The number of hydrogen-bond acceptors (Lipinski definition) is 4. The summed E-state index contributed by atoms with van der Waals surface area (Å²) in [5, 5.41) is 0. The summed E-state index contributed by atoms with van der Waals surface area (Å²) in [6, 6.07) is 0. The molecule has 0 radical (unpaired) electrons. The predicted octanol–water partition coefficient (Wildman–Crippen LogP) is 1.40. The first-order chi connectivity index (χ1) is 5.83. The molecule has 0 saturated heterocycles. The van der Waals surface area contributed by atoms with Crippen LogP contribution >= 0.6 is 23.5 Å². The van der Waals surface area contributed by atoms with Gasteiger partial charge in [0.1, 0.15) is 0 Å². The summed E-state index contributed by atoms with van der Waals surface area (Å²) in [7, 11) is 0. The molecular formula is C8H22N2S2. The van der Waals surface area contributed by atoms with Crippen molar-refractivity contribution in [2.45, 2.75) is 13.8 Å². The third kappa shape index (κ3) is 22.4. The van der Waals surface area contributed by atoms with Gasteiger partial charge in [-0.1, -0.05) is 13.8 Å². The highest BCUT2D eigenvalue weighted by molar-refractivity contribution is 7.99. The molecule has 0 bridgehead atoms. The third-order valence-electron chi connectivity index (χ3n) is 0.933. The molecule has 0 saturated carbocycles. The van der Waals surface area contributed by atoms with E-state index in [0.717, 1.165) is 24.6 Å². The van der Waals surface area contributed by atoms with Gasteiger partial charge in [-0.2, -0.15) is 23.5 Å². The zero-order valence-corrected chi connectivity index (χ0v) is 9.85. The first kappa shape index (κ1) is 15.1. The molecule has 0 amide bonds. The molecule has 0 spiro atoms. The van der Waals surface area contributed by atoms with E-state index in [9.17, 15) is 0 Å². The summed E-state index contributed by atoms with van der Waals surface area (Å²) >= 11 is 3.77. The van der Waals surface area contributed by atoms with E-state index < -0.39 is 0 Å². The maximum atomic E-state index is 5.19. The van der Waals surface area contributed by atoms with E-state index in [1.165, 1.54) is 11.5 Å². The standard InChI is InChI=1S/2C4H11NS/c2*1-2-6-4-3-5/h2*2-5H2,1H3. The zero-order valence-electron chi connectivity index (χ0n) is 8.21. The van der Waals surface area contributed by atoms with Gasteiger partial charge >= 0.3 is 0 Å². The number of nitrogens with two attached hydrogens (primary N) is 2. The maximum Gasteiger partial charge on any atom is 0.00557 e. The van der Waals surface area contributed by atoms with E-state index in [-0.39, 0.29) is 0 Å². The fourth-order valence-electron chi connectivity index (χ4n) is 0.455. The van der Waals surface area contributed by atoms with E-state index in [1.807, 2.05) is 23.5 Å². The van der Waals surface area contributed by atoms with Crippen LogP contribution in [0.3, 0.4) is 0 Å². The van der Waals surface area contributed by atoms with Crippen LogP contribution in [-0.4, -0.2) is 36.1 Å². The Morgan fingerprint density at radius 2 is 1.17 bits per heavy atom. The fourth-order valence-corrected chi connectivity index (χ4v) is 1.37. The Morgan fingerprint density at radius 1 is 0.833 bits per heavy atom. The second kappa shape index (κ2) is 17.6. The first-order valence-corrected chi connectivity index (χ1v) is 6.69. The molecule has 4 heteroatoms. The summed E-state index contributed by atoms with van der Waals surface area (Å²) in [5.41, 5.74) is 10.4. The summed E-state index contributed by atoms with van der Waals surface area (Å²) in [6.45, 7) is 5.91. The number of hydrogen-bond donors (Lipinski definition) is 2. The monoisotopic (exact) mass is 210 g/mol. The van der Waals surface area contributed by atoms with E-state index in [0.29, 0.717) is 0 Å². The molecule has 0 aliphatic rings. The molecule has 12 heavy (non-hydrogen) atoms. The Kier molecular flexibility index (Phi) is 22.2. The quantitative estimate of drug-likeness (QED) is 0.651. The lowest BCUT2D eigenvalue weighted by molar-refractivity contribution is 1.15. The Morgan fingerprint density at radius 3 is 1.25 bits per heavy atom. The fraction of sp³-hybridized carbons (Fsp3) is 1.00. The first-order valence-electron chi connectivity index (χ1n) is 4.39. The van der Waals surface area contributed by atoms with Crippen molar-refractivity contribution in [3.05, 3.63) is 0 Å². The van der Waals surface area contributed by atoms with Crippen LogP contribution in [0.4, 0.5) is 0 Å². The van der Waals surface area contributed by atoms with Crippen molar-refractivity contribution in [2.24, 2.45) is 11.5 Å². The molecule has 0 aliphatic heterocycles. The van der Waals surface area contributed by atoms with Crippen LogP contribution in [0.2, 0.25) is 0 Å². The SMILES string of the molecule is CCSCCN.CCSCCN. The van der Waals surface area contributed by atoms with Gasteiger partial charge in [-0.05, 0) is 11.5 Å². The van der Waals surface area contributed by atoms with Gasteiger partial charge in [-0.15, -0.1) is 0 Å². The lowest BCUT2D eigenvalue weighted by atomic mass is 10.8. The van der Waals surface area contributed by atoms with Crippen molar-refractivity contribution in [3.8, 4) is 0 Å². The molecule has 4 N–H and O–H groups in total. The predicted molar refractivity (Wildman–Crippen MR) is 64.1 cm³/mol. The Bertz CT molecular complexity index is 47.0. The molecule has 0 fully saturated rings. The highest BCUT2D eigenvalue weighted by Crippen LogP contribution is 1.93. The van der Waals surface area contributed by atoms with Gasteiger partial charge in [0.15, 0.2) is 0 Å². The minimum atomic E-state index is 0.818. The molecule has 0 aromatic carbocycles. The Balaban J connectivity index is 0.